The highest BCUT2D eigenvalue weighted by atomic mass is 35.5. The number of anilines is 2. The summed E-state index contributed by atoms with van der Waals surface area (Å²) in [6.45, 7) is 2.12. The first-order valence-electron chi connectivity index (χ1n) is 6.74. The zero-order valence-electron chi connectivity index (χ0n) is 11.4. The summed E-state index contributed by atoms with van der Waals surface area (Å²) in [4.78, 5) is 15.7. The minimum Gasteiger partial charge on any atom is -0.399 e. The molecular weight excluding hydrogens is 306 g/mol. The number of fused-ring (bicyclic) bond motifs is 1. The summed E-state index contributed by atoms with van der Waals surface area (Å²) < 4.78 is 0. The molecule has 0 radical (unpaired) electrons. The van der Waals surface area contributed by atoms with Crippen LogP contribution in [0.1, 0.15) is 10.4 Å². The van der Waals surface area contributed by atoms with Gasteiger partial charge in [0.2, 0.25) is 5.91 Å². The van der Waals surface area contributed by atoms with E-state index < -0.39 is 0 Å². The van der Waals surface area contributed by atoms with Crippen molar-refractivity contribution in [3.8, 4) is 0 Å². The maximum atomic E-state index is 12.1. The number of carbonyl (C=O) groups is 1. The first-order chi connectivity index (χ1) is 10.1. The van der Waals surface area contributed by atoms with Crippen LogP contribution in [0, 0.1) is 0 Å². The summed E-state index contributed by atoms with van der Waals surface area (Å²) in [7, 11) is 0. The lowest BCUT2D eigenvalue weighted by atomic mass is 10.1. The summed E-state index contributed by atoms with van der Waals surface area (Å²) in [6, 6.07) is 7.22. The number of carbonyl (C=O) groups excluding carboxylic acids is 1. The van der Waals surface area contributed by atoms with E-state index in [2.05, 4.69) is 21.7 Å². The molecule has 2 heterocycles. The second-order valence-corrected chi connectivity index (χ2v) is 6.52. The van der Waals surface area contributed by atoms with Gasteiger partial charge in [0.15, 0.2) is 0 Å². The molecule has 1 aromatic carbocycles. The first-order valence-corrected chi connectivity index (χ1v) is 8.00. The molecule has 0 saturated carbocycles. The smallest absolute Gasteiger partial charge is 0.238 e. The van der Waals surface area contributed by atoms with Gasteiger partial charge in [-0.15, -0.1) is 11.3 Å². The number of hydrogen-bond acceptors (Lipinski definition) is 4. The van der Waals surface area contributed by atoms with Crippen molar-refractivity contribution < 1.29 is 4.79 Å². The predicted molar refractivity (Wildman–Crippen MR) is 87.8 cm³/mol. The Balaban J connectivity index is 1.60. The predicted octanol–water partition coefficient (Wildman–Crippen LogP) is 2.98. The molecule has 4 nitrogen and oxygen atoms in total. The quantitative estimate of drug-likeness (QED) is 0.854. The molecule has 6 heteroatoms. The molecule has 1 aliphatic rings. The van der Waals surface area contributed by atoms with Gasteiger partial charge in [-0.3, -0.25) is 9.69 Å². The van der Waals surface area contributed by atoms with E-state index in [-0.39, 0.29) is 5.91 Å². The Bertz CT molecular complexity index is 671. The molecule has 3 rings (SSSR count). The van der Waals surface area contributed by atoms with Gasteiger partial charge in [0.1, 0.15) is 0 Å². The van der Waals surface area contributed by atoms with E-state index in [0.717, 1.165) is 19.5 Å². The van der Waals surface area contributed by atoms with Crippen molar-refractivity contribution in [3.63, 3.8) is 0 Å². The largest absolute Gasteiger partial charge is 0.399 e. The normalized spacial score (nSPS) is 14.7. The Hall–Kier alpha value is -1.56. The minimum absolute atomic E-state index is 0.0552. The van der Waals surface area contributed by atoms with Gasteiger partial charge in [0.05, 0.1) is 17.3 Å². The lowest BCUT2D eigenvalue weighted by Crippen LogP contribution is -2.36. The number of rotatable bonds is 3. The van der Waals surface area contributed by atoms with Crippen LogP contribution >= 0.6 is 22.9 Å². The van der Waals surface area contributed by atoms with Gasteiger partial charge >= 0.3 is 0 Å². The Morgan fingerprint density at radius 3 is 3.10 bits per heavy atom. The molecule has 0 spiro atoms. The van der Waals surface area contributed by atoms with Crippen molar-refractivity contribution in [2.24, 2.45) is 0 Å². The highest BCUT2D eigenvalue weighted by Gasteiger charge is 2.19. The van der Waals surface area contributed by atoms with Gasteiger partial charge in [-0.2, -0.15) is 0 Å². The molecule has 0 bridgehead atoms. The van der Waals surface area contributed by atoms with Crippen molar-refractivity contribution in [3.05, 3.63) is 45.1 Å². The third-order valence-electron chi connectivity index (χ3n) is 3.52. The van der Waals surface area contributed by atoms with Crippen LogP contribution in [0.15, 0.2) is 29.6 Å². The van der Waals surface area contributed by atoms with Gasteiger partial charge in [0.25, 0.3) is 0 Å². The van der Waals surface area contributed by atoms with E-state index in [1.807, 2.05) is 0 Å². The number of nitrogens with zero attached hydrogens (tertiary/aromatic N) is 1. The topological polar surface area (TPSA) is 58.4 Å². The van der Waals surface area contributed by atoms with Crippen LogP contribution in [0.3, 0.4) is 0 Å². The molecule has 110 valence electrons. The van der Waals surface area contributed by atoms with Crippen LogP contribution in [-0.4, -0.2) is 23.9 Å². The number of nitrogen functional groups attached to an aromatic ring is 1. The van der Waals surface area contributed by atoms with E-state index in [4.69, 9.17) is 17.3 Å². The van der Waals surface area contributed by atoms with Gasteiger partial charge in [-0.05, 0) is 41.6 Å². The minimum atomic E-state index is -0.0552. The Morgan fingerprint density at radius 2 is 2.29 bits per heavy atom. The van der Waals surface area contributed by atoms with E-state index in [0.29, 0.717) is 22.9 Å². The SMILES string of the molecule is Nc1ccc(NC(=O)CN2CCc3sccc3C2)c(Cl)c1. The highest BCUT2D eigenvalue weighted by molar-refractivity contribution is 7.10. The first kappa shape index (κ1) is 14.4. The Kier molecular flexibility index (Phi) is 4.14. The number of halogens is 1. The monoisotopic (exact) mass is 321 g/mol. The second-order valence-electron chi connectivity index (χ2n) is 5.12. The third kappa shape index (κ3) is 3.37. The molecule has 3 N–H and O–H groups in total. The maximum absolute atomic E-state index is 12.1. The molecular formula is C15H16ClN3OS. The lowest BCUT2D eigenvalue weighted by molar-refractivity contribution is -0.117. The third-order valence-corrected chi connectivity index (χ3v) is 4.86. The molecule has 0 atom stereocenters. The van der Waals surface area contributed by atoms with Crippen LogP contribution in [0.4, 0.5) is 11.4 Å². The van der Waals surface area contributed by atoms with E-state index in [9.17, 15) is 4.79 Å². The summed E-state index contributed by atoms with van der Waals surface area (Å²) in [5.74, 6) is -0.0552. The summed E-state index contributed by atoms with van der Waals surface area (Å²) in [5, 5.41) is 5.41. The van der Waals surface area contributed by atoms with Crippen molar-refractivity contribution in [2.45, 2.75) is 13.0 Å². The second kappa shape index (κ2) is 6.05. The van der Waals surface area contributed by atoms with E-state index in [1.165, 1.54) is 10.4 Å². The van der Waals surface area contributed by atoms with Crippen LogP contribution in [0.5, 0.6) is 0 Å². The zero-order chi connectivity index (χ0) is 14.8. The van der Waals surface area contributed by atoms with Crippen LogP contribution < -0.4 is 11.1 Å². The number of thiophene rings is 1. The van der Waals surface area contributed by atoms with Crippen LogP contribution in [0.25, 0.3) is 0 Å². The van der Waals surface area contributed by atoms with Gasteiger partial charge < -0.3 is 11.1 Å². The molecule has 1 aromatic heterocycles. The van der Waals surface area contributed by atoms with Crippen molar-refractivity contribution in [2.75, 3.05) is 24.1 Å². The van der Waals surface area contributed by atoms with Gasteiger partial charge in [0, 0.05) is 23.7 Å². The average molecular weight is 322 g/mol. The number of nitrogens with one attached hydrogen (secondary N) is 1. The molecule has 0 fully saturated rings. The van der Waals surface area contributed by atoms with Gasteiger partial charge in [-0.1, -0.05) is 11.6 Å². The molecule has 1 aliphatic heterocycles. The molecule has 0 saturated heterocycles. The van der Waals surface area contributed by atoms with Crippen molar-refractivity contribution in [1.29, 1.82) is 0 Å². The fourth-order valence-electron chi connectivity index (χ4n) is 2.47. The summed E-state index contributed by atoms with van der Waals surface area (Å²) >= 11 is 7.86. The average Bonchev–Trinajstić information content (AvgIpc) is 2.89. The van der Waals surface area contributed by atoms with E-state index in [1.54, 1.807) is 29.5 Å². The van der Waals surface area contributed by atoms with Crippen LogP contribution in [-0.2, 0) is 17.8 Å². The Morgan fingerprint density at radius 1 is 1.43 bits per heavy atom. The zero-order valence-corrected chi connectivity index (χ0v) is 13.0. The van der Waals surface area contributed by atoms with Crippen LogP contribution in [0.2, 0.25) is 5.02 Å². The van der Waals surface area contributed by atoms with Crippen molar-refractivity contribution in [1.82, 2.24) is 4.90 Å². The summed E-state index contributed by atoms with van der Waals surface area (Å²) in [5.41, 5.74) is 8.16. The number of amides is 1. The molecule has 2 aromatic rings. The highest BCUT2D eigenvalue weighted by Crippen LogP contribution is 2.25. The fraction of sp³-hybridized carbons (Fsp3) is 0.267. The fourth-order valence-corrected chi connectivity index (χ4v) is 3.59. The standard InChI is InChI=1S/C15H16ClN3OS/c16-12-7-11(17)1-2-13(12)18-15(20)9-19-5-3-14-10(8-19)4-6-21-14/h1-2,4,6-7H,3,5,8-9,17H2,(H,18,20). The molecule has 1 amide bonds. The van der Waals surface area contributed by atoms with E-state index >= 15 is 0 Å². The van der Waals surface area contributed by atoms with Gasteiger partial charge in [-0.25, -0.2) is 0 Å². The number of nitrogens with two attached hydrogens (primary N) is 1. The lowest BCUT2D eigenvalue weighted by Gasteiger charge is -2.26. The number of hydrogen-bond donors (Lipinski definition) is 2. The van der Waals surface area contributed by atoms with Crippen molar-refractivity contribution >= 4 is 40.2 Å². The Labute approximate surface area is 132 Å². The summed E-state index contributed by atoms with van der Waals surface area (Å²) in [6.07, 6.45) is 1.02. The maximum Gasteiger partial charge on any atom is 0.238 e. The molecule has 21 heavy (non-hydrogen) atoms. The number of benzene rings is 1. The molecule has 0 aliphatic carbocycles. The molecule has 0 unspecified atom stereocenters.